The number of nitrogens with zero attached hydrogens (tertiary/aromatic N) is 3. The summed E-state index contributed by atoms with van der Waals surface area (Å²) in [6, 6.07) is 1.88. The van der Waals surface area contributed by atoms with Crippen LogP contribution >= 0.6 is 0 Å². The Kier molecular flexibility index (Phi) is 6.76. The van der Waals surface area contributed by atoms with Crippen molar-refractivity contribution in [2.24, 2.45) is 0 Å². The highest BCUT2D eigenvalue weighted by atomic mass is 16.2. The van der Waals surface area contributed by atoms with Gasteiger partial charge in [0.15, 0.2) is 0 Å². The molecule has 2 N–H and O–H groups in total. The van der Waals surface area contributed by atoms with Gasteiger partial charge in [-0.2, -0.15) is 0 Å². The minimum atomic E-state index is 0.0102. The van der Waals surface area contributed by atoms with Crippen LogP contribution in [0.5, 0.6) is 0 Å². The summed E-state index contributed by atoms with van der Waals surface area (Å²) < 4.78 is 0. The monoisotopic (exact) mass is 279 g/mol. The Morgan fingerprint density at radius 3 is 2.60 bits per heavy atom. The van der Waals surface area contributed by atoms with Gasteiger partial charge in [-0.1, -0.05) is 6.92 Å². The van der Waals surface area contributed by atoms with E-state index in [0.29, 0.717) is 13.1 Å². The standard InChI is InChI=1S/C14H25N5O/c1-5-8-11-17-12(15-4)9-13(18-11)19(7-3)10-14(20)16-6-2/h9H,5-8,10H2,1-4H3,(H,16,20)(H,15,17,18). The van der Waals surface area contributed by atoms with Gasteiger partial charge in [-0.05, 0) is 20.3 Å². The van der Waals surface area contributed by atoms with Gasteiger partial charge in [0.1, 0.15) is 17.5 Å². The highest BCUT2D eigenvalue weighted by Gasteiger charge is 2.13. The maximum Gasteiger partial charge on any atom is 0.239 e. The van der Waals surface area contributed by atoms with E-state index >= 15 is 0 Å². The van der Waals surface area contributed by atoms with Crippen LogP contribution in [-0.2, 0) is 11.2 Å². The second kappa shape index (κ2) is 8.35. The minimum absolute atomic E-state index is 0.0102. The van der Waals surface area contributed by atoms with Crippen molar-refractivity contribution >= 4 is 17.5 Å². The molecule has 0 bridgehead atoms. The van der Waals surface area contributed by atoms with Gasteiger partial charge < -0.3 is 15.5 Å². The van der Waals surface area contributed by atoms with Crippen LogP contribution < -0.4 is 15.5 Å². The van der Waals surface area contributed by atoms with Crippen molar-refractivity contribution in [1.29, 1.82) is 0 Å². The average molecular weight is 279 g/mol. The van der Waals surface area contributed by atoms with Crippen LogP contribution in [0.25, 0.3) is 0 Å². The molecule has 1 heterocycles. The summed E-state index contributed by atoms with van der Waals surface area (Å²) in [5.41, 5.74) is 0. The number of carbonyl (C=O) groups excluding carboxylic acids is 1. The predicted octanol–water partition coefficient (Wildman–Crippen LogP) is 1.43. The first-order chi connectivity index (χ1) is 9.64. The number of aryl methyl sites for hydroxylation is 1. The molecule has 6 nitrogen and oxygen atoms in total. The maximum atomic E-state index is 11.7. The van der Waals surface area contributed by atoms with E-state index in [0.717, 1.165) is 36.8 Å². The molecular weight excluding hydrogens is 254 g/mol. The lowest BCUT2D eigenvalue weighted by atomic mass is 10.3. The van der Waals surface area contributed by atoms with Gasteiger partial charge in [0, 0.05) is 32.6 Å². The fourth-order valence-electron chi connectivity index (χ4n) is 1.89. The molecule has 0 spiro atoms. The molecule has 1 aromatic heterocycles. The fraction of sp³-hybridized carbons (Fsp3) is 0.643. The van der Waals surface area contributed by atoms with Crippen LogP contribution in [0.2, 0.25) is 0 Å². The second-order valence-electron chi connectivity index (χ2n) is 4.50. The third kappa shape index (κ3) is 4.68. The molecule has 1 aromatic rings. The van der Waals surface area contributed by atoms with Gasteiger partial charge in [0.2, 0.25) is 5.91 Å². The normalized spacial score (nSPS) is 10.2. The van der Waals surface area contributed by atoms with Crippen molar-refractivity contribution in [3.63, 3.8) is 0 Å². The number of carbonyl (C=O) groups is 1. The summed E-state index contributed by atoms with van der Waals surface area (Å²) in [7, 11) is 1.84. The molecule has 0 unspecified atom stereocenters. The Balaban J connectivity index is 2.95. The Morgan fingerprint density at radius 2 is 2.05 bits per heavy atom. The summed E-state index contributed by atoms with van der Waals surface area (Å²) in [6.45, 7) is 7.71. The van der Waals surface area contributed by atoms with Gasteiger partial charge >= 0.3 is 0 Å². The zero-order valence-corrected chi connectivity index (χ0v) is 12.9. The molecule has 0 aliphatic rings. The molecule has 1 amide bonds. The van der Waals surface area contributed by atoms with Gasteiger partial charge in [-0.25, -0.2) is 9.97 Å². The molecule has 0 radical (unpaired) electrons. The van der Waals surface area contributed by atoms with E-state index in [2.05, 4.69) is 27.5 Å². The van der Waals surface area contributed by atoms with Crippen molar-refractivity contribution in [3.8, 4) is 0 Å². The SMILES string of the molecule is CCCc1nc(NC)cc(N(CC)CC(=O)NCC)n1. The number of anilines is 2. The molecule has 20 heavy (non-hydrogen) atoms. The van der Waals surface area contributed by atoms with Crippen LogP contribution in [0.1, 0.15) is 33.0 Å². The smallest absolute Gasteiger partial charge is 0.239 e. The van der Waals surface area contributed by atoms with E-state index in [1.54, 1.807) is 0 Å². The van der Waals surface area contributed by atoms with Crippen LogP contribution in [0.3, 0.4) is 0 Å². The Labute approximate surface area is 121 Å². The van der Waals surface area contributed by atoms with E-state index in [1.807, 2.05) is 31.9 Å². The Morgan fingerprint density at radius 1 is 1.30 bits per heavy atom. The van der Waals surface area contributed by atoms with Crippen LogP contribution in [0, 0.1) is 0 Å². The highest BCUT2D eigenvalue weighted by Crippen LogP contribution is 2.16. The topological polar surface area (TPSA) is 70.2 Å². The highest BCUT2D eigenvalue weighted by molar-refractivity contribution is 5.81. The number of likely N-dealkylation sites (N-methyl/N-ethyl adjacent to an activating group) is 2. The summed E-state index contributed by atoms with van der Waals surface area (Å²) in [5, 5.41) is 5.85. The first-order valence-corrected chi connectivity index (χ1v) is 7.21. The van der Waals surface area contributed by atoms with Gasteiger partial charge in [-0.15, -0.1) is 0 Å². The number of hydrogen-bond acceptors (Lipinski definition) is 5. The molecule has 0 aliphatic carbocycles. The van der Waals surface area contributed by atoms with Crippen molar-refractivity contribution in [2.75, 3.05) is 36.9 Å². The van der Waals surface area contributed by atoms with Crippen molar-refractivity contribution in [1.82, 2.24) is 15.3 Å². The van der Waals surface area contributed by atoms with Crippen LogP contribution in [0.4, 0.5) is 11.6 Å². The molecule has 0 aromatic carbocycles. The number of rotatable bonds is 8. The molecule has 0 saturated heterocycles. The quantitative estimate of drug-likeness (QED) is 0.753. The van der Waals surface area contributed by atoms with Crippen molar-refractivity contribution < 1.29 is 4.79 Å². The lowest BCUT2D eigenvalue weighted by molar-refractivity contribution is -0.119. The summed E-state index contributed by atoms with van der Waals surface area (Å²) in [5.74, 6) is 2.40. The number of nitrogens with one attached hydrogen (secondary N) is 2. The molecule has 0 fully saturated rings. The van der Waals surface area contributed by atoms with Crippen molar-refractivity contribution in [3.05, 3.63) is 11.9 Å². The molecule has 112 valence electrons. The van der Waals surface area contributed by atoms with Crippen LogP contribution in [-0.4, -0.2) is 42.6 Å². The number of amides is 1. The lowest BCUT2D eigenvalue weighted by Gasteiger charge is -2.22. The number of aromatic nitrogens is 2. The fourth-order valence-corrected chi connectivity index (χ4v) is 1.89. The first-order valence-electron chi connectivity index (χ1n) is 7.21. The largest absolute Gasteiger partial charge is 0.373 e. The second-order valence-corrected chi connectivity index (χ2v) is 4.50. The molecule has 0 atom stereocenters. The summed E-state index contributed by atoms with van der Waals surface area (Å²) >= 11 is 0. The third-order valence-electron chi connectivity index (χ3n) is 2.90. The van der Waals surface area contributed by atoms with E-state index in [1.165, 1.54) is 0 Å². The maximum absolute atomic E-state index is 11.7. The average Bonchev–Trinajstić information content (AvgIpc) is 2.45. The lowest BCUT2D eigenvalue weighted by Crippen LogP contribution is -2.37. The zero-order chi connectivity index (χ0) is 15.0. The van der Waals surface area contributed by atoms with E-state index in [-0.39, 0.29) is 5.91 Å². The Hall–Kier alpha value is -1.85. The summed E-state index contributed by atoms with van der Waals surface area (Å²) in [4.78, 5) is 22.7. The molecule has 0 aliphatic heterocycles. The first kappa shape index (κ1) is 16.2. The molecule has 6 heteroatoms. The zero-order valence-electron chi connectivity index (χ0n) is 12.9. The van der Waals surface area contributed by atoms with E-state index in [4.69, 9.17) is 0 Å². The summed E-state index contributed by atoms with van der Waals surface area (Å²) in [6.07, 6.45) is 1.83. The van der Waals surface area contributed by atoms with Gasteiger partial charge in [-0.3, -0.25) is 4.79 Å². The molecule has 1 rings (SSSR count). The van der Waals surface area contributed by atoms with E-state index in [9.17, 15) is 4.79 Å². The van der Waals surface area contributed by atoms with Crippen LogP contribution in [0.15, 0.2) is 6.07 Å². The van der Waals surface area contributed by atoms with Gasteiger partial charge in [0.05, 0.1) is 6.54 Å². The molecular formula is C14H25N5O. The minimum Gasteiger partial charge on any atom is -0.373 e. The van der Waals surface area contributed by atoms with E-state index < -0.39 is 0 Å². The Bertz CT molecular complexity index is 436. The third-order valence-corrected chi connectivity index (χ3v) is 2.90. The van der Waals surface area contributed by atoms with Gasteiger partial charge in [0.25, 0.3) is 0 Å². The number of hydrogen-bond donors (Lipinski definition) is 2. The molecule has 0 saturated carbocycles. The predicted molar refractivity (Wildman–Crippen MR) is 82.1 cm³/mol. The van der Waals surface area contributed by atoms with Crippen molar-refractivity contribution in [2.45, 2.75) is 33.6 Å².